The zero-order chi connectivity index (χ0) is 35.5. The third kappa shape index (κ3) is 5.28. The molecule has 0 N–H and O–H groups in total. The highest BCUT2D eigenvalue weighted by Gasteiger charge is 2.19. The molecule has 248 valence electrons. The van der Waals surface area contributed by atoms with Crippen molar-refractivity contribution in [2.45, 2.75) is 13.3 Å². The largest absolute Gasteiger partial charge is 0.309 e. The number of para-hydroxylation sites is 4. The Labute approximate surface area is 310 Å². The lowest BCUT2D eigenvalue weighted by molar-refractivity contribution is 1.17. The fraction of sp³-hybridized carbons (Fsp3) is 0.0400. The van der Waals surface area contributed by atoms with Gasteiger partial charge in [0.1, 0.15) is 7.85 Å². The maximum atomic E-state index is 6.08. The highest BCUT2D eigenvalue weighted by molar-refractivity contribution is 6.32. The van der Waals surface area contributed by atoms with Crippen LogP contribution in [0, 0.1) is 6.92 Å². The lowest BCUT2D eigenvalue weighted by atomic mass is 9.91. The van der Waals surface area contributed by atoms with Crippen molar-refractivity contribution in [3.63, 3.8) is 0 Å². The highest BCUT2D eigenvalue weighted by Crippen LogP contribution is 2.39. The normalized spacial score (nSPS) is 11.9. The van der Waals surface area contributed by atoms with E-state index in [1.165, 1.54) is 93.9 Å². The summed E-state index contributed by atoms with van der Waals surface area (Å²) < 4.78 is 4.69. The molecule has 2 radical (unpaired) electrons. The molecule has 0 unspecified atom stereocenters. The van der Waals surface area contributed by atoms with Crippen LogP contribution in [0.15, 0.2) is 182 Å². The molecule has 11 rings (SSSR count). The molecule has 2 nitrogen and oxygen atoms in total. The van der Waals surface area contributed by atoms with Crippen LogP contribution in [0.2, 0.25) is 0 Å². The third-order valence-electron chi connectivity index (χ3n) is 10.8. The van der Waals surface area contributed by atoms with Crippen molar-refractivity contribution >= 4 is 56.9 Å². The topological polar surface area (TPSA) is 9.86 Å². The molecule has 0 saturated heterocycles. The first-order chi connectivity index (χ1) is 26.1. The fourth-order valence-corrected chi connectivity index (χ4v) is 8.26. The van der Waals surface area contributed by atoms with Crippen molar-refractivity contribution < 1.29 is 0 Å². The summed E-state index contributed by atoms with van der Waals surface area (Å²) in [6, 6.07) is 65.2. The van der Waals surface area contributed by atoms with Crippen molar-refractivity contribution in [3.05, 3.63) is 199 Å². The van der Waals surface area contributed by atoms with Crippen LogP contribution >= 0.6 is 0 Å². The number of fused-ring (bicyclic) bond motifs is 9. The van der Waals surface area contributed by atoms with Gasteiger partial charge in [-0.05, 0) is 101 Å². The number of benzene rings is 8. The highest BCUT2D eigenvalue weighted by atomic mass is 15.0. The Balaban J connectivity index is 0.000000149. The number of nitrogens with zero attached hydrogens (tertiary/aromatic N) is 2. The summed E-state index contributed by atoms with van der Waals surface area (Å²) in [6.45, 7) is 2.12. The van der Waals surface area contributed by atoms with Gasteiger partial charge in [-0.25, -0.2) is 0 Å². The van der Waals surface area contributed by atoms with E-state index in [1.54, 1.807) is 0 Å². The number of hydrogen-bond donors (Lipinski definition) is 0. The second kappa shape index (κ2) is 12.6. The number of hydrogen-bond acceptors (Lipinski definition) is 0. The molecule has 0 bridgehead atoms. The Morgan fingerprint density at radius 2 is 0.792 bits per heavy atom. The standard InChI is InChI=1S/C31H20BN.C19H15N/c32-24-14-11-23-17-22-10-9-21(18-28(22)29(23)19-24)20-12-15-25(16-13-20)33-30-7-3-1-5-26(30)27-6-2-4-8-31(27)33;1-14-10-12-15(13-11-14)20-18-8-4-2-6-16(18)17-7-3-5-9-19(17)20/h1-16,18-19H,17H2;2-13H,1H3. The van der Waals surface area contributed by atoms with E-state index in [9.17, 15) is 0 Å². The molecule has 1 aliphatic carbocycles. The zero-order valence-electron chi connectivity index (χ0n) is 29.5. The molecule has 2 heterocycles. The molecule has 10 aromatic rings. The first-order valence-corrected chi connectivity index (χ1v) is 18.3. The summed E-state index contributed by atoms with van der Waals surface area (Å²) in [4.78, 5) is 0. The van der Waals surface area contributed by atoms with E-state index in [0.29, 0.717) is 0 Å². The van der Waals surface area contributed by atoms with Gasteiger partial charge in [-0.15, -0.1) is 0 Å². The minimum Gasteiger partial charge on any atom is -0.309 e. The molecule has 3 heteroatoms. The quantitative estimate of drug-likeness (QED) is 0.165. The molecule has 2 aromatic heterocycles. The van der Waals surface area contributed by atoms with Crippen molar-refractivity contribution in [2.75, 3.05) is 0 Å². The monoisotopic (exact) mass is 674 g/mol. The summed E-state index contributed by atoms with van der Waals surface area (Å²) in [6.07, 6.45) is 0.984. The fourth-order valence-electron chi connectivity index (χ4n) is 8.26. The molecule has 1 aliphatic rings. The van der Waals surface area contributed by atoms with Gasteiger partial charge in [0.05, 0.1) is 22.1 Å². The average Bonchev–Trinajstić information content (AvgIpc) is 3.86. The summed E-state index contributed by atoms with van der Waals surface area (Å²) in [5.41, 5.74) is 17.3. The smallest absolute Gasteiger partial charge is 0.113 e. The first-order valence-electron chi connectivity index (χ1n) is 18.3. The van der Waals surface area contributed by atoms with Gasteiger partial charge in [-0.1, -0.05) is 138 Å². The van der Waals surface area contributed by atoms with E-state index in [1.807, 2.05) is 6.07 Å². The van der Waals surface area contributed by atoms with Crippen LogP contribution in [0.3, 0.4) is 0 Å². The summed E-state index contributed by atoms with van der Waals surface area (Å²) in [7, 11) is 6.08. The summed E-state index contributed by atoms with van der Waals surface area (Å²) >= 11 is 0. The van der Waals surface area contributed by atoms with Gasteiger partial charge in [0.25, 0.3) is 0 Å². The predicted molar refractivity (Wildman–Crippen MR) is 225 cm³/mol. The van der Waals surface area contributed by atoms with Gasteiger partial charge in [-0.3, -0.25) is 0 Å². The Morgan fingerprint density at radius 1 is 0.396 bits per heavy atom. The molecular weight excluding hydrogens is 639 g/mol. The molecule has 0 aliphatic heterocycles. The molecule has 0 spiro atoms. The van der Waals surface area contributed by atoms with Crippen LogP contribution in [0.25, 0.3) is 77.2 Å². The Morgan fingerprint density at radius 3 is 1.28 bits per heavy atom. The minimum absolute atomic E-state index is 0.822. The van der Waals surface area contributed by atoms with Crippen LogP contribution in [0.5, 0.6) is 0 Å². The summed E-state index contributed by atoms with van der Waals surface area (Å²) in [5, 5.41) is 5.19. The molecule has 8 aromatic carbocycles. The van der Waals surface area contributed by atoms with E-state index < -0.39 is 0 Å². The van der Waals surface area contributed by atoms with Crippen molar-refractivity contribution in [1.29, 1.82) is 0 Å². The maximum absolute atomic E-state index is 6.08. The van der Waals surface area contributed by atoms with Gasteiger partial charge in [0, 0.05) is 32.9 Å². The third-order valence-corrected chi connectivity index (χ3v) is 10.8. The zero-order valence-corrected chi connectivity index (χ0v) is 29.5. The van der Waals surface area contributed by atoms with E-state index >= 15 is 0 Å². The van der Waals surface area contributed by atoms with Gasteiger partial charge >= 0.3 is 0 Å². The van der Waals surface area contributed by atoms with E-state index in [2.05, 4.69) is 192 Å². The molecule has 53 heavy (non-hydrogen) atoms. The van der Waals surface area contributed by atoms with Crippen LogP contribution in [-0.4, -0.2) is 17.0 Å². The Kier molecular flexibility index (Phi) is 7.40. The molecule has 0 saturated carbocycles. The Bertz CT molecular complexity index is 2870. The molecule has 0 fully saturated rings. The first kappa shape index (κ1) is 31.2. The van der Waals surface area contributed by atoms with Crippen LogP contribution in [0.4, 0.5) is 0 Å². The van der Waals surface area contributed by atoms with Crippen molar-refractivity contribution in [2.24, 2.45) is 0 Å². The molecular formula is C50H35BN2. The van der Waals surface area contributed by atoms with Gasteiger partial charge in [0.2, 0.25) is 0 Å². The molecule has 0 atom stereocenters. The number of rotatable bonds is 3. The van der Waals surface area contributed by atoms with Crippen LogP contribution < -0.4 is 5.46 Å². The molecule has 0 amide bonds. The SMILES string of the molecule is Cc1ccc(-n2c3ccccc3c3ccccc32)cc1.[B]c1ccc2c(c1)-c1cc(-c3ccc(-n4c5ccccc5c5ccccc54)cc3)ccc1C2. The van der Waals surface area contributed by atoms with Gasteiger partial charge in [-0.2, -0.15) is 0 Å². The second-order valence-corrected chi connectivity index (χ2v) is 14.1. The minimum atomic E-state index is 0.822. The van der Waals surface area contributed by atoms with E-state index in [0.717, 1.165) is 11.9 Å². The lowest BCUT2D eigenvalue weighted by Crippen LogP contribution is -2.01. The maximum Gasteiger partial charge on any atom is 0.113 e. The van der Waals surface area contributed by atoms with Crippen LogP contribution in [-0.2, 0) is 6.42 Å². The van der Waals surface area contributed by atoms with Crippen molar-refractivity contribution in [1.82, 2.24) is 9.13 Å². The lowest BCUT2D eigenvalue weighted by Gasteiger charge is -2.10. The van der Waals surface area contributed by atoms with Crippen molar-refractivity contribution in [3.8, 4) is 33.6 Å². The van der Waals surface area contributed by atoms with Crippen LogP contribution in [0.1, 0.15) is 16.7 Å². The predicted octanol–water partition coefficient (Wildman–Crippen LogP) is 11.9. The summed E-state index contributed by atoms with van der Waals surface area (Å²) in [5.74, 6) is 0. The Hall–Kier alpha value is -6.58. The van der Waals surface area contributed by atoms with Gasteiger partial charge < -0.3 is 9.13 Å². The number of aryl methyl sites for hydroxylation is 1. The average molecular weight is 675 g/mol. The van der Waals surface area contributed by atoms with E-state index in [4.69, 9.17) is 7.85 Å². The number of aromatic nitrogens is 2. The van der Waals surface area contributed by atoms with Gasteiger partial charge in [0.15, 0.2) is 0 Å². The van der Waals surface area contributed by atoms with E-state index in [-0.39, 0.29) is 0 Å². The second-order valence-electron chi connectivity index (χ2n) is 14.1.